The van der Waals surface area contributed by atoms with E-state index in [0.717, 1.165) is 0 Å². The molecule has 0 saturated carbocycles. The SMILES string of the molecule is O=C(CN1CCN(C(=O)/C=C/c2c(F)cccc2Cl)CC1)Nc1cccc(F)c1. The first kappa shape index (κ1) is 21.0. The highest BCUT2D eigenvalue weighted by atomic mass is 35.5. The Morgan fingerprint density at radius 3 is 2.48 bits per heavy atom. The van der Waals surface area contributed by atoms with Gasteiger partial charge in [-0.25, -0.2) is 8.78 Å². The van der Waals surface area contributed by atoms with Gasteiger partial charge in [0.15, 0.2) is 0 Å². The maximum Gasteiger partial charge on any atom is 0.246 e. The number of carbonyl (C=O) groups is 2. The Labute approximate surface area is 172 Å². The molecule has 3 rings (SSSR count). The Bertz CT molecular complexity index is 908. The highest BCUT2D eigenvalue weighted by molar-refractivity contribution is 6.32. The van der Waals surface area contributed by atoms with E-state index in [2.05, 4.69) is 5.32 Å². The summed E-state index contributed by atoms with van der Waals surface area (Å²) in [4.78, 5) is 28.0. The van der Waals surface area contributed by atoms with E-state index in [9.17, 15) is 18.4 Å². The fourth-order valence-corrected chi connectivity index (χ4v) is 3.25. The van der Waals surface area contributed by atoms with Gasteiger partial charge in [-0.15, -0.1) is 0 Å². The second kappa shape index (κ2) is 9.62. The van der Waals surface area contributed by atoms with E-state index < -0.39 is 11.6 Å². The molecule has 0 spiro atoms. The molecule has 1 aliphatic rings. The van der Waals surface area contributed by atoms with Crippen LogP contribution in [0.1, 0.15) is 5.56 Å². The summed E-state index contributed by atoms with van der Waals surface area (Å²) in [5.41, 5.74) is 0.580. The van der Waals surface area contributed by atoms with Crippen molar-refractivity contribution in [1.29, 1.82) is 0 Å². The molecular formula is C21H20ClF2N3O2. The summed E-state index contributed by atoms with van der Waals surface area (Å²) in [6.45, 7) is 2.09. The number of benzene rings is 2. The van der Waals surface area contributed by atoms with Crippen LogP contribution in [0.5, 0.6) is 0 Å². The Morgan fingerprint density at radius 1 is 1.07 bits per heavy atom. The molecule has 0 aromatic heterocycles. The lowest BCUT2D eigenvalue weighted by Gasteiger charge is -2.33. The molecule has 1 fully saturated rings. The summed E-state index contributed by atoms with van der Waals surface area (Å²) in [6, 6.07) is 10.0. The van der Waals surface area contributed by atoms with Crippen LogP contribution in [-0.2, 0) is 9.59 Å². The number of nitrogens with one attached hydrogen (secondary N) is 1. The maximum atomic E-state index is 13.8. The second-order valence-corrected chi connectivity index (χ2v) is 7.04. The van der Waals surface area contributed by atoms with Crippen molar-refractivity contribution in [3.05, 3.63) is 70.8 Å². The van der Waals surface area contributed by atoms with Gasteiger partial charge in [0.1, 0.15) is 11.6 Å². The first-order chi connectivity index (χ1) is 13.9. The Balaban J connectivity index is 1.48. The predicted octanol–water partition coefficient (Wildman–Crippen LogP) is 3.41. The number of piperazine rings is 1. The van der Waals surface area contributed by atoms with E-state index >= 15 is 0 Å². The largest absolute Gasteiger partial charge is 0.337 e. The molecule has 2 aromatic rings. The summed E-state index contributed by atoms with van der Waals surface area (Å²) in [5.74, 6) is -1.40. The van der Waals surface area contributed by atoms with Crippen LogP contribution in [-0.4, -0.2) is 54.3 Å². The lowest BCUT2D eigenvalue weighted by Crippen LogP contribution is -2.50. The van der Waals surface area contributed by atoms with E-state index in [4.69, 9.17) is 11.6 Å². The summed E-state index contributed by atoms with van der Waals surface area (Å²) in [6.07, 6.45) is 2.68. The van der Waals surface area contributed by atoms with E-state index in [1.165, 1.54) is 42.5 Å². The Hall–Kier alpha value is -2.77. The number of hydrogen-bond acceptors (Lipinski definition) is 3. The van der Waals surface area contributed by atoms with Gasteiger partial charge in [-0.1, -0.05) is 23.7 Å². The number of anilines is 1. The zero-order chi connectivity index (χ0) is 20.8. The molecule has 0 radical (unpaired) electrons. The average molecular weight is 420 g/mol. The van der Waals surface area contributed by atoms with E-state index in [-0.39, 0.29) is 28.9 Å². The third kappa shape index (κ3) is 5.85. The topological polar surface area (TPSA) is 52.7 Å². The maximum absolute atomic E-state index is 13.8. The molecule has 8 heteroatoms. The standard InChI is InChI=1S/C21H20ClF2N3O2/c22-18-5-2-6-19(24)17(18)7-8-21(29)27-11-9-26(10-12-27)14-20(28)25-16-4-1-3-15(23)13-16/h1-8,13H,9-12,14H2,(H,25,28)/b8-7+. The van der Waals surface area contributed by atoms with Gasteiger partial charge >= 0.3 is 0 Å². The van der Waals surface area contributed by atoms with Gasteiger partial charge in [-0.2, -0.15) is 0 Å². The van der Waals surface area contributed by atoms with Gasteiger partial charge in [0, 0.05) is 43.5 Å². The molecule has 1 heterocycles. The summed E-state index contributed by atoms with van der Waals surface area (Å²) >= 11 is 5.95. The van der Waals surface area contributed by atoms with Crippen molar-refractivity contribution in [2.75, 3.05) is 38.0 Å². The van der Waals surface area contributed by atoms with E-state index in [1.54, 1.807) is 17.0 Å². The van der Waals surface area contributed by atoms with Gasteiger partial charge in [0.05, 0.1) is 11.6 Å². The fourth-order valence-electron chi connectivity index (χ4n) is 3.03. The first-order valence-corrected chi connectivity index (χ1v) is 9.49. The first-order valence-electron chi connectivity index (χ1n) is 9.11. The van der Waals surface area contributed by atoms with Gasteiger partial charge in [0.2, 0.25) is 11.8 Å². The molecule has 2 aromatic carbocycles. The monoisotopic (exact) mass is 419 g/mol. The van der Waals surface area contributed by atoms with Crippen LogP contribution >= 0.6 is 11.6 Å². The zero-order valence-corrected chi connectivity index (χ0v) is 16.3. The molecular weight excluding hydrogens is 400 g/mol. The molecule has 1 saturated heterocycles. The molecule has 0 bridgehead atoms. The van der Waals surface area contributed by atoms with Gasteiger partial charge < -0.3 is 10.2 Å². The highest BCUT2D eigenvalue weighted by Crippen LogP contribution is 2.20. The van der Waals surface area contributed by atoms with Crippen molar-refractivity contribution in [3.63, 3.8) is 0 Å². The average Bonchev–Trinajstić information content (AvgIpc) is 2.68. The van der Waals surface area contributed by atoms with Crippen LogP contribution in [0.2, 0.25) is 5.02 Å². The molecule has 1 aliphatic heterocycles. The van der Waals surface area contributed by atoms with Crippen molar-refractivity contribution in [2.24, 2.45) is 0 Å². The Kier molecular flexibility index (Phi) is 6.95. The predicted molar refractivity (Wildman–Crippen MR) is 108 cm³/mol. The smallest absolute Gasteiger partial charge is 0.246 e. The summed E-state index contributed by atoms with van der Waals surface area (Å²) in [7, 11) is 0. The zero-order valence-electron chi connectivity index (χ0n) is 15.6. The molecule has 0 aliphatic carbocycles. The molecule has 152 valence electrons. The van der Waals surface area contributed by atoms with Crippen LogP contribution in [0, 0.1) is 11.6 Å². The third-order valence-electron chi connectivity index (χ3n) is 4.55. The molecule has 2 amide bonds. The molecule has 1 N–H and O–H groups in total. The lowest BCUT2D eigenvalue weighted by atomic mass is 10.2. The Morgan fingerprint density at radius 2 is 1.79 bits per heavy atom. The van der Waals surface area contributed by atoms with Crippen LogP contribution in [0.3, 0.4) is 0 Å². The number of hydrogen-bond donors (Lipinski definition) is 1. The van der Waals surface area contributed by atoms with Crippen molar-refractivity contribution >= 4 is 35.2 Å². The minimum absolute atomic E-state index is 0.152. The van der Waals surface area contributed by atoms with Crippen molar-refractivity contribution in [2.45, 2.75) is 0 Å². The number of nitrogens with zero attached hydrogens (tertiary/aromatic N) is 2. The summed E-state index contributed by atoms with van der Waals surface area (Å²) in [5, 5.41) is 2.89. The number of carbonyl (C=O) groups excluding carboxylic acids is 2. The van der Waals surface area contributed by atoms with Crippen LogP contribution in [0.4, 0.5) is 14.5 Å². The summed E-state index contributed by atoms with van der Waals surface area (Å²) < 4.78 is 26.9. The quantitative estimate of drug-likeness (QED) is 0.756. The number of halogens is 3. The molecule has 0 unspecified atom stereocenters. The minimum Gasteiger partial charge on any atom is -0.337 e. The third-order valence-corrected chi connectivity index (χ3v) is 4.88. The van der Waals surface area contributed by atoms with Crippen LogP contribution in [0.25, 0.3) is 6.08 Å². The molecule has 29 heavy (non-hydrogen) atoms. The van der Waals surface area contributed by atoms with Gasteiger partial charge in [-0.05, 0) is 36.4 Å². The van der Waals surface area contributed by atoms with Crippen molar-refractivity contribution < 1.29 is 18.4 Å². The van der Waals surface area contributed by atoms with Crippen LogP contribution < -0.4 is 5.32 Å². The lowest BCUT2D eigenvalue weighted by molar-refractivity contribution is -0.127. The second-order valence-electron chi connectivity index (χ2n) is 6.63. The minimum atomic E-state index is -0.490. The van der Waals surface area contributed by atoms with Gasteiger partial charge in [-0.3, -0.25) is 14.5 Å². The van der Waals surface area contributed by atoms with E-state index in [0.29, 0.717) is 31.9 Å². The number of rotatable bonds is 5. The normalized spacial score (nSPS) is 14.9. The number of amides is 2. The fraction of sp³-hybridized carbons (Fsp3) is 0.238. The molecule has 5 nitrogen and oxygen atoms in total. The van der Waals surface area contributed by atoms with E-state index in [1.807, 2.05) is 4.90 Å². The van der Waals surface area contributed by atoms with Crippen molar-refractivity contribution in [1.82, 2.24) is 9.80 Å². The highest BCUT2D eigenvalue weighted by Gasteiger charge is 2.21. The van der Waals surface area contributed by atoms with Crippen molar-refractivity contribution in [3.8, 4) is 0 Å². The van der Waals surface area contributed by atoms with Crippen LogP contribution in [0.15, 0.2) is 48.5 Å². The van der Waals surface area contributed by atoms with Gasteiger partial charge in [0.25, 0.3) is 0 Å². The molecule has 0 atom stereocenters.